The molecule has 0 amide bonds. The molecular weight excluding hydrogens is 272 g/mol. The van der Waals surface area contributed by atoms with Crippen LogP contribution in [0.4, 0.5) is 0 Å². The Labute approximate surface area is 117 Å². The van der Waals surface area contributed by atoms with E-state index in [1.807, 2.05) is 0 Å². The van der Waals surface area contributed by atoms with Crippen LogP contribution in [0.2, 0.25) is 0 Å². The highest BCUT2D eigenvalue weighted by molar-refractivity contribution is 8.15. The molecule has 0 unspecified atom stereocenters. The molecule has 6 heteroatoms. The van der Waals surface area contributed by atoms with Crippen molar-refractivity contribution in [1.29, 1.82) is 0 Å². The molecule has 18 heavy (non-hydrogen) atoms. The van der Waals surface area contributed by atoms with E-state index >= 15 is 0 Å². The van der Waals surface area contributed by atoms with Gasteiger partial charge in [-0.1, -0.05) is 23.5 Å². The molecule has 0 saturated heterocycles. The fourth-order valence-electron chi connectivity index (χ4n) is 1.03. The van der Waals surface area contributed by atoms with Crippen LogP contribution >= 0.6 is 23.5 Å². The third-order valence-electron chi connectivity index (χ3n) is 1.95. The molecular formula is C12H18O4S2. The van der Waals surface area contributed by atoms with Gasteiger partial charge >= 0.3 is 0 Å². The standard InChI is InChI=1S/C12H18O4S2/c1-4-5-10(11(13)17-8-6-15-2)12(14)18-9-7-16-3/h1,10H,5-9H2,2-3H3. The van der Waals surface area contributed by atoms with Crippen molar-refractivity contribution in [2.75, 3.05) is 38.9 Å². The third-order valence-corrected chi connectivity index (χ3v) is 3.83. The molecule has 0 atom stereocenters. The quantitative estimate of drug-likeness (QED) is 0.364. The van der Waals surface area contributed by atoms with E-state index in [0.717, 1.165) is 23.5 Å². The average molecular weight is 290 g/mol. The van der Waals surface area contributed by atoms with Crippen LogP contribution < -0.4 is 0 Å². The first kappa shape index (κ1) is 17.5. The minimum Gasteiger partial charge on any atom is -0.384 e. The van der Waals surface area contributed by atoms with Crippen molar-refractivity contribution in [1.82, 2.24) is 0 Å². The van der Waals surface area contributed by atoms with Crippen LogP contribution in [0.15, 0.2) is 0 Å². The van der Waals surface area contributed by atoms with Gasteiger partial charge in [0, 0.05) is 32.1 Å². The minimum absolute atomic E-state index is 0.150. The maximum absolute atomic E-state index is 11.8. The van der Waals surface area contributed by atoms with Gasteiger partial charge in [0.25, 0.3) is 0 Å². The molecule has 0 bridgehead atoms. The molecule has 0 radical (unpaired) electrons. The van der Waals surface area contributed by atoms with Gasteiger partial charge in [-0.2, -0.15) is 0 Å². The number of hydrogen-bond acceptors (Lipinski definition) is 6. The first-order valence-electron chi connectivity index (χ1n) is 5.42. The summed E-state index contributed by atoms with van der Waals surface area (Å²) in [5, 5.41) is -0.361. The Bertz CT molecular complexity index is 277. The number of rotatable bonds is 9. The second-order valence-corrected chi connectivity index (χ2v) is 5.48. The molecule has 0 aromatic heterocycles. The number of terminal acetylenes is 1. The highest BCUT2D eigenvalue weighted by atomic mass is 32.2. The van der Waals surface area contributed by atoms with Gasteiger partial charge in [0.2, 0.25) is 10.2 Å². The highest BCUT2D eigenvalue weighted by Gasteiger charge is 2.26. The van der Waals surface area contributed by atoms with Crippen LogP contribution in [0.5, 0.6) is 0 Å². The summed E-state index contributed by atoms with van der Waals surface area (Å²) in [5.74, 6) is 2.72. The van der Waals surface area contributed by atoms with E-state index in [0.29, 0.717) is 24.7 Å². The van der Waals surface area contributed by atoms with Gasteiger partial charge in [0.1, 0.15) is 5.92 Å². The Morgan fingerprint density at radius 1 is 1.11 bits per heavy atom. The summed E-state index contributed by atoms with van der Waals surface area (Å²) in [5.41, 5.74) is 0. The zero-order valence-corrected chi connectivity index (χ0v) is 12.3. The Kier molecular flexibility index (Phi) is 11.3. The molecule has 0 fully saturated rings. The number of carbonyl (C=O) groups is 2. The van der Waals surface area contributed by atoms with E-state index in [9.17, 15) is 9.59 Å². The van der Waals surface area contributed by atoms with Gasteiger partial charge in [-0.25, -0.2) is 0 Å². The monoisotopic (exact) mass is 290 g/mol. The first-order chi connectivity index (χ1) is 8.67. The lowest BCUT2D eigenvalue weighted by atomic mass is 10.1. The Morgan fingerprint density at radius 2 is 1.56 bits per heavy atom. The molecule has 102 valence electrons. The molecule has 0 heterocycles. The Morgan fingerprint density at radius 3 is 1.89 bits per heavy atom. The summed E-state index contributed by atoms with van der Waals surface area (Å²) in [6.45, 7) is 0.953. The molecule has 4 nitrogen and oxygen atoms in total. The van der Waals surface area contributed by atoms with E-state index in [4.69, 9.17) is 15.9 Å². The molecule has 0 spiro atoms. The van der Waals surface area contributed by atoms with Crippen LogP contribution in [0.1, 0.15) is 6.42 Å². The molecule has 0 saturated carbocycles. The van der Waals surface area contributed by atoms with Crippen LogP contribution in [0.25, 0.3) is 0 Å². The maximum Gasteiger partial charge on any atom is 0.201 e. The maximum atomic E-state index is 11.8. The van der Waals surface area contributed by atoms with E-state index in [2.05, 4.69) is 5.92 Å². The van der Waals surface area contributed by atoms with Crippen LogP contribution in [-0.2, 0) is 19.1 Å². The summed E-state index contributed by atoms with van der Waals surface area (Å²) in [7, 11) is 3.13. The predicted octanol–water partition coefficient (Wildman–Crippen LogP) is 1.44. The van der Waals surface area contributed by atoms with Crippen molar-refractivity contribution < 1.29 is 19.1 Å². The topological polar surface area (TPSA) is 52.6 Å². The average Bonchev–Trinajstić information content (AvgIpc) is 2.36. The number of thioether (sulfide) groups is 2. The normalized spacial score (nSPS) is 10.3. The summed E-state index contributed by atoms with van der Waals surface area (Å²) >= 11 is 2.18. The summed E-state index contributed by atoms with van der Waals surface area (Å²) in [6.07, 6.45) is 5.34. The van der Waals surface area contributed by atoms with E-state index in [-0.39, 0.29) is 16.7 Å². The summed E-state index contributed by atoms with van der Waals surface area (Å²) in [4.78, 5) is 23.7. The highest BCUT2D eigenvalue weighted by Crippen LogP contribution is 2.21. The van der Waals surface area contributed by atoms with Gasteiger partial charge < -0.3 is 9.47 Å². The first-order valence-corrected chi connectivity index (χ1v) is 7.39. The van der Waals surface area contributed by atoms with Crippen molar-refractivity contribution in [2.45, 2.75) is 6.42 Å². The molecule has 0 aliphatic heterocycles. The molecule has 0 aliphatic carbocycles. The number of methoxy groups -OCH3 is 2. The second-order valence-electron chi connectivity index (χ2n) is 3.28. The minimum atomic E-state index is -0.723. The fourth-order valence-corrected chi connectivity index (χ4v) is 2.79. The number of ether oxygens (including phenoxy) is 2. The van der Waals surface area contributed by atoms with Crippen LogP contribution in [0.3, 0.4) is 0 Å². The van der Waals surface area contributed by atoms with E-state index in [1.165, 1.54) is 0 Å². The smallest absolute Gasteiger partial charge is 0.201 e. The number of carbonyl (C=O) groups excluding carboxylic acids is 2. The Hall–Kier alpha value is -0.480. The van der Waals surface area contributed by atoms with Gasteiger partial charge in [0.15, 0.2) is 0 Å². The van der Waals surface area contributed by atoms with Gasteiger partial charge in [-0.05, 0) is 0 Å². The number of hydrogen-bond donors (Lipinski definition) is 0. The Balaban J connectivity index is 4.22. The zero-order valence-electron chi connectivity index (χ0n) is 10.6. The van der Waals surface area contributed by atoms with Crippen molar-refractivity contribution in [3.63, 3.8) is 0 Å². The van der Waals surface area contributed by atoms with Crippen LogP contribution in [-0.4, -0.2) is 49.2 Å². The lowest BCUT2D eigenvalue weighted by molar-refractivity contribution is -0.122. The summed E-state index contributed by atoms with van der Waals surface area (Å²) < 4.78 is 9.70. The fraction of sp³-hybridized carbons (Fsp3) is 0.667. The third kappa shape index (κ3) is 7.77. The molecule has 0 aromatic rings. The van der Waals surface area contributed by atoms with E-state index in [1.54, 1.807) is 14.2 Å². The van der Waals surface area contributed by atoms with E-state index < -0.39 is 5.92 Å². The zero-order chi connectivity index (χ0) is 13.8. The van der Waals surface area contributed by atoms with Gasteiger partial charge in [-0.15, -0.1) is 12.3 Å². The summed E-state index contributed by atoms with van der Waals surface area (Å²) in [6, 6.07) is 0. The predicted molar refractivity (Wildman–Crippen MR) is 75.6 cm³/mol. The second kappa shape index (κ2) is 11.6. The van der Waals surface area contributed by atoms with Crippen molar-refractivity contribution in [2.24, 2.45) is 5.92 Å². The van der Waals surface area contributed by atoms with Crippen molar-refractivity contribution in [3.8, 4) is 12.3 Å². The van der Waals surface area contributed by atoms with Gasteiger partial charge in [0.05, 0.1) is 13.2 Å². The molecule has 0 aliphatic rings. The molecule has 0 rings (SSSR count). The molecule has 0 N–H and O–H groups in total. The molecule has 0 aromatic carbocycles. The van der Waals surface area contributed by atoms with Gasteiger partial charge in [-0.3, -0.25) is 9.59 Å². The lowest BCUT2D eigenvalue weighted by Crippen LogP contribution is -2.20. The SMILES string of the molecule is C#CCC(C(=O)SCCOC)C(=O)SCCOC. The van der Waals surface area contributed by atoms with Crippen molar-refractivity contribution >= 4 is 33.8 Å². The van der Waals surface area contributed by atoms with Crippen LogP contribution in [0, 0.1) is 18.3 Å². The lowest BCUT2D eigenvalue weighted by Gasteiger charge is -2.10. The van der Waals surface area contributed by atoms with Crippen molar-refractivity contribution in [3.05, 3.63) is 0 Å². The largest absolute Gasteiger partial charge is 0.384 e.